The summed E-state index contributed by atoms with van der Waals surface area (Å²) in [5.74, 6) is -1.07. The van der Waals surface area contributed by atoms with Gasteiger partial charge < -0.3 is 5.32 Å². The van der Waals surface area contributed by atoms with Crippen molar-refractivity contribution in [2.45, 2.75) is 53.4 Å². The Morgan fingerprint density at radius 2 is 1.65 bits per heavy atom. The first kappa shape index (κ1) is 26.5. The molecular weight excluding hydrogens is 515 g/mol. The molecule has 1 aliphatic carbocycles. The minimum atomic E-state index is -4.67. The van der Waals surface area contributed by atoms with Crippen molar-refractivity contribution < 1.29 is 34.8 Å². The molecule has 6 nitrogen and oxygen atoms in total. The standard InChI is InChI=1S/C22H23ClF3NO5S2/c1-21(2,34(31,32)17-6-4-5-13(11-17)22(24,25)26)14-9-16(10-14)27-20(28)18-8-7-15(23)12-19(18)33(3,29)30/h4-8,11-12,14,16H,9-10H2,1-3H3,(H,27,28)/t14-,16-. The second-order valence-corrected chi connectivity index (χ2v) is 13.8. The van der Waals surface area contributed by atoms with Crippen LogP contribution in [0.3, 0.4) is 0 Å². The molecule has 0 bridgehead atoms. The summed E-state index contributed by atoms with van der Waals surface area (Å²) in [6, 6.07) is 7.08. The summed E-state index contributed by atoms with van der Waals surface area (Å²) in [6.45, 7) is 2.90. The summed E-state index contributed by atoms with van der Waals surface area (Å²) in [5.41, 5.74) is -1.13. The molecule has 34 heavy (non-hydrogen) atoms. The van der Waals surface area contributed by atoms with Crippen molar-refractivity contribution in [2.24, 2.45) is 5.92 Å². The van der Waals surface area contributed by atoms with Crippen LogP contribution in [0, 0.1) is 5.92 Å². The van der Waals surface area contributed by atoms with Crippen molar-refractivity contribution in [3.8, 4) is 0 Å². The van der Waals surface area contributed by atoms with Crippen molar-refractivity contribution in [1.29, 1.82) is 0 Å². The van der Waals surface area contributed by atoms with E-state index in [1.807, 2.05) is 0 Å². The number of rotatable bonds is 6. The molecule has 1 N–H and O–H groups in total. The van der Waals surface area contributed by atoms with Crippen molar-refractivity contribution in [1.82, 2.24) is 5.32 Å². The predicted molar refractivity (Wildman–Crippen MR) is 121 cm³/mol. The Morgan fingerprint density at radius 1 is 1.03 bits per heavy atom. The second-order valence-electron chi connectivity index (χ2n) is 8.88. The van der Waals surface area contributed by atoms with E-state index in [4.69, 9.17) is 11.6 Å². The van der Waals surface area contributed by atoms with Crippen molar-refractivity contribution in [2.75, 3.05) is 6.26 Å². The maximum absolute atomic E-state index is 13.2. The number of carbonyl (C=O) groups excluding carboxylic acids is 1. The van der Waals surface area contributed by atoms with Crippen LogP contribution in [0.5, 0.6) is 0 Å². The van der Waals surface area contributed by atoms with Gasteiger partial charge in [0.25, 0.3) is 5.91 Å². The van der Waals surface area contributed by atoms with E-state index in [-0.39, 0.29) is 28.3 Å². The van der Waals surface area contributed by atoms with E-state index in [0.717, 1.165) is 24.5 Å². The van der Waals surface area contributed by atoms with E-state index in [0.29, 0.717) is 6.07 Å². The van der Waals surface area contributed by atoms with Gasteiger partial charge in [0, 0.05) is 17.3 Å². The zero-order valence-electron chi connectivity index (χ0n) is 18.5. The number of amides is 1. The van der Waals surface area contributed by atoms with Gasteiger partial charge in [-0.15, -0.1) is 0 Å². The Bertz CT molecular complexity index is 1330. The third-order valence-electron chi connectivity index (χ3n) is 6.21. The quantitative estimate of drug-likeness (QED) is 0.584. The zero-order valence-corrected chi connectivity index (χ0v) is 20.9. The molecule has 0 saturated heterocycles. The van der Waals surface area contributed by atoms with Crippen LogP contribution in [0.25, 0.3) is 0 Å². The number of carbonyl (C=O) groups is 1. The molecule has 0 atom stereocenters. The van der Waals surface area contributed by atoms with Crippen LogP contribution in [-0.4, -0.2) is 39.8 Å². The highest BCUT2D eigenvalue weighted by Gasteiger charge is 2.49. The smallest absolute Gasteiger partial charge is 0.349 e. The highest BCUT2D eigenvalue weighted by molar-refractivity contribution is 7.92. The molecule has 1 saturated carbocycles. The predicted octanol–water partition coefficient (Wildman–Crippen LogP) is 4.52. The van der Waals surface area contributed by atoms with Crippen molar-refractivity contribution in [3.05, 3.63) is 58.6 Å². The normalized spacial score (nSPS) is 19.4. The van der Waals surface area contributed by atoms with E-state index in [1.54, 1.807) is 0 Å². The number of nitrogens with one attached hydrogen (secondary N) is 1. The number of halogens is 4. The Morgan fingerprint density at radius 3 is 2.21 bits per heavy atom. The fourth-order valence-electron chi connectivity index (χ4n) is 3.92. The van der Waals surface area contributed by atoms with Crippen LogP contribution in [0.4, 0.5) is 13.2 Å². The Balaban J connectivity index is 1.75. The summed E-state index contributed by atoms with van der Waals surface area (Å²) < 4.78 is 88.1. The van der Waals surface area contributed by atoms with E-state index >= 15 is 0 Å². The van der Waals surface area contributed by atoms with Gasteiger partial charge in [-0.3, -0.25) is 4.79 Å². The lowest BCUT2D eigenvalue weighted by Gasteiger charge is -2.45. The third kappa shape index (κ3) is 5.11. The minimum Gasteiger partial charge on any atom is -0.349 e. The molecule has 0 aromatic heterocycles. The molecule has 1 fully saturated rings. The Kier molecular flexibility index (Phi) is 6.88. The molecule has 0 spiro atoms. The molecule has 186 valence electrons. The zero-order chi connectivity index (χ0) is 25.7. The lowest BCUT2D eigenvalue weighted by Crippen LogP contribution is -2.53. The number of alkyl halides is 3. The molecule has 2 aromatic carbocycles. The largest absolute Gasteiger partial charge is 0.416 e. The number of hydrogen-bond donors (Lipinski definition) is 1. The highest BCUT2D eigenvalue weighted by Crippen LogP contribution is 2.44. The number of benzene rings is 2. The lowest BCUT2D eigenvalue weighted by molar-refractivity contribution is -0.137. The van der Waals surface area contributed by atoms with Gasteiger partial charge in [-0.1, -0.05) is 17.7 Å². The fourth-order valence-corrected chi connectivity index (χ4v) is 6.84. The van der Waals surface area contributed by atoms with Crippen LogP contribution in [0.15, 0.2) is 52.3 Å². The molecule has 0 aliphatic heterocycles. The maximum Gasteiger partial charge on any atom is 0.416 e. The molecule has 12 heteroatoms. The molecule has 0 unspecified atom stereocenters. The van der Waals surface area contributed by atoms with Crippen LogP contribution in [-0.2, 0) is 25.9 Å². The first-order valence-electron chi connectivity index (χ1n) is 10.2. The van der Waals surface area contributed by atoms with E-state index in [9.17, 15) is 34.8 Å². The lowest BCUT2D eigenvalue weighted by atomic mass is 9.73. The van der Waals surface area contributed by atoms with Gasteiger partial charge in [0.15, 0.2) is 19.7 Å². The van der Waals surface area contributed by atoms with Gasteiger partial charge in [-0.2, -0.15) is 13.2 Å². The summed E-state index contributed by atoms with van der Waals surface area (Å²) >= 11 is 5.85. The first-order chi connectivity index (χ1) is 15.4. The van der Waals surface area contributed by atoms with Crippen LogP contribution in [0.2, 0.25) is 5.02 Å². The van der Waals surface area contributed by atoms with Gasteiger partial charge in [-0.25, -0.2) is 16.8 Å². The van der Waals surface area contributed by atoms with Crippen molar-refractivity contribution >= 4 is 37.2 Å². The van der Waals surface area contributed by atoms with Gasteiger partial charge >= 0.3 is 6.18 Å². The summed E-state index contributed by atoms with van der Waals surface area (Å²) in [6.07, 6.45) is -3.19. The van der Waals surface area contributed by atoms with Gasteiger partial charge in [-0.05, 0) is 69.0 Å². The molecule has 0 radical (unpaired) electrons. The van der Waals surface area contributed by atoms with Crippen molar-refractivity contribution in [3.63, 3.8) is 0 Å². The summed E-state index contributed by atoms with van der Waals surface area (Å²) in [5, 5.41) is 2.85. The molecule has 1 aliphatic rings. The van der Waals surface area contributed by atoms with Gasteiger partial charge in [0.05, 0.1) is 25.7 Å². The third-order valence-corrected chi connectivity index (χ3v) is 10.2. The first-order valence-corrected chi connectivity index (χ1v) is 13.9. The highest BCUT2D eigenvalue weighted by atomic mass is 35.5. The van der Waals surface area contributed by atoms with Crippen LogP contribution >= 0.6 is 11.6 Å². The maximum atomic E-state index is 13.2. The van der Waals surface area contributed by atoms with E-state index in [1.165, 1.54) is 32.0 Å². The van der Waals surface area contributed by atoms with Gasteiger partial charge in [0.1, 0.15) is 0 Å². The topological polar surface area (TPSA) is 97.4 Å². The average Bonchev–Trinajstić information content (AvgIpc) is 2.68. The number of hydrogen-bond acceptors (Lipinski definition) is 5. The monoisotopic (exact) mass is 537 g/mol. The number of sulfone groups is 2. The SMILES string of the molecule is CC(C)([C@H]1C[C@H](NC(=O)c2ccc(Cl)cc2S(C)(=O)=O)C1)S(=O)(=O)c1cccc(C(F)(F)F)c1. The molecule has 0 heterocycles. The van der Waals surface area contributed by atoms with Crippen LogP contribution < -0.4 is 5.32 Å². The summed E-state index contributed by atoms with van der Waals surface area (Å²) in [4.78, 5) is 12.1. The Labute approximate surface area is 201 Å². The second kappa shape index (κ2) is 8.83. The molecule has 2 aromatic rings. The Hall–Kier alpha value is -2.11. The van der Waals surface area contributed by atoms with E-state index < -0.39 is 58.9 Å². The van der Waals surface area contributed by atoms with Gasteiger partial charge in [0.2, 0.25) is 0 Å². The molecular formula is C22H23ClF3NO5S2. The van der Waals surface area contributed by atoms with E-state index in [2.05, 4.69) is 5.32 Å². The molecule has 1 amide bonds. The molecule has 3 rings (SSSR count). The average molecular weight is 538 g/mol. The minimum absolute atomic E-state index is 0.0776. The van der Waals surface area contributed by atoms with Crippen LogP contribution in [0.1, 0.15) is 42.6 Å². The summed E-state index contributed by atoms with van der Waals surface area (Å²) in [7, 11) is -7.85. The fraction of sp³-hybridized carbons (Fsp3) is 0.409.